The molecule has 1 aromatic rings. The van der Waals surface area contributed by atoms with Gasteiger partial charge < -0.3 is 20.7 Å². The topological polar surface area (TPSA) is 84.7 Å². The zero-order valence-electron chi connectivity index (χ0n) is 13.8. The molecule has 2 fully saturated rings. The lowest BCUT2D eigenvalue weighted by atomic mass is 9.91. The van der Waals surface area contributed by atoms with Gasteiger partial charge in [0.25, 0.3) is 0 Å². The van der Waals surface area contributed by atoms with Gasteiger partial charge in [0.15, 0.2) is 0 Å². The number of likely N-dealkylation sites (tertiary alicyclic amines) is 1. The van der Waals surface area contributed by atoms with E-state index in [-0.39, 0.29) is 17.7 Å². The summed E-state index contributed by atoms with van der Waals surface area (Å²) in [5, 5.41) is 2.85. The number of benzene rings is 1. The van der Waals surface area contributed by atoms with Gasteiger partial charge in [0, 0.05) is 26.3 Å². The van der Waals surface area contributed by atoms with E-state index in [4.69, 9.17) is 10.5 Å². The standard InChI is InChI=1S/C18H25N3O3/c19-16(14-7-10-24-11-8-14)17(22)20-15-6-9-21(18(15)23)12-13-4-2-1-3-5-13/h1-5,14-16H,6-12,19H2,(H,20,22). The minimum Gasteiger partial charge on any atom is -0.381 e. The summed E-state index contributed by atoms with van der Waals surface area (Å²) in [7, 11) is 0. The molecule has 6 heteroatoms. The van der Waals surface area contributed by atoms with Crippen molar-refractivity contribution in [3.05, 3.63) is 35.9 Å². The number of ether oxygens (including phenoxy) is 1. The average Bonchev–Trinajstić information content (AvgIpc) is 2.96. The molecule has 2 saturated heterocycles. The Labute approximate surface area is 142 Å². The first-order chi connectivity index (χ1) is 11.6. The van der Waals surface area contributed by atoms with Gasteiger partial charge in [-0.2, -0.15) is 0 Å². The van der Waals surface area contributed by atoms with Crippen molar-refractivity contribution in [1.29, 1.82) is 0 Å². The molecule has 2 aliphatic heterocycles. The Kier molecular flexibility index (Phi) is 5.48. The fraction of sp³-hybridized carbons (Fsp3) is 0.556. The quantitative estimate of drug-likeness (QED) is 0.830. The summed E-state index contributed by atoms with van der Waals surface area (Å²) < 4.78 is 5.30. The molecule has 24 heavy (non-hydrogen) atoms. The average molecular weight is 331 g/mol. The summed E-state index contributed by atoms with van der Waals surface area (Å²) in [5.74, 6) is -0.108. The SMILES string of the molecule is NC(C(=O)NC1CCN(Cc2ccccc2)C1=O)C1CCOCC1. The number of nitrogens with zero attached hydrogens (tertiary/aromatic N) is 1. The van der Waals surface area contributed by atoms with E-state index in [0.29, 0.717) is 32.7 Å². The van der Waals surface area contributed by atoms with E-state index in [1.54, 1.807) is 4.90 Å². The molecule has 6 nitrogen and oxygen atoms in total. The second-order valence-electron chi connectivity index (χ2n) is 6.57. The minimum atomic E-state index is -0.565. The van der Waals surface area contributed by atoms with Crippen molar-refractivity contribution in [2.24, 2.45) is 11.7 Å². The van der Waals surface area contributed by atoms with Crippen LogP contribution in [-0.2, 0) is 20.9 Å². The second kappa shape index (κ2) is 7.77. The van der Waals surface area contributed by atoms with Crippen LogP contribution in [0, 0.1) is 5.92 Å². The number of carbonyl (C=O) groups excluding carboxylic acids is 2. The summed E-state index contributed by atoms with van der Waals surface area (Å²) in [5.41, 5.74) is 7.18. The number of hydrogen-bond donors (Lipinski definition) is 2. The van der Waals surface area contributed by atoms with E-state index in [1.807, 2.05) is 30.3 Å². The largest absolute Gasteiger partial charge is 0.381 e. The molecule has 3 rings (SSSR count). The van der Waals surface area contributed by atoms with E-state index in [0.717, 1.165) is 18.4 Å². The van der Waals surface area contributed by atoms with Gasteiger partial charge >= 0.3 is 0 Å². The van der Waals surface area contributed by atoms with Gasteiger partial charge in [0.1, 0.15) is 6.04 Å². The zero-order valence-corrected chi connectivity index (χ0v) is 13.8. The highest BCUT2D eigenvalue weighted by Crippen LogP contribution is 2.19. The number of nitrogens with one attached hydrogen (secondary N) is 1. The van der Waals surface area contributed by atoms with Crippen LogP contribution in [0.4, 0.5) is 0 Å². The van der Waals surface area contributed by atoms with Gasteiger partial charge in [-0.15, -0.1) is 0 Å². The predicted molar refractivity (Wildman–Crippen MR) is 89.9 cm³/mol. The molecule has 2 atom stereocenters. The number of amides is 2. The Morgan fingerprint density at radius 1 is 1.25 bits per heavy atom. The van der Waals surface area contributed by atoms with Crippen molar-refractivity contribution in [2.45, 2.75) is 37.9 Å². The summed E-state index contributed by atoms with van der Waals surface area (Å²) in [6.45, 7) is 2.54. The van der Waals surface area contributed by atoms with E-state index in [9.17, 15) is 9.59 Å². The Morgan fingerprint density at radius 2 is 1.96 bits per heavy atom. The van der Waals surface area contributed by atoms with Crippen molar-refractivity contribution in [3.8, 4) is 0 Å². The summed E-state index contributed by atoms with van der Waals surface area (Å²) in [6.07, 6.45) is 2.23. The van der Waals surface area contributed by atoms with E-state index < -0.39 is 12.1 Å². The first-order valence-electron chi connectivity index (χ1n) is 8.61. The first-order valence-corrected chi connectivity index (χ1v) is 8.61. The molecule has 3 N–H and O–H groups in total. The zero-order chi connectivity index (χ0) is 16.9. The van der Waals surface area contributed by atoms with Crippen LogP contribution in [0.1, 0.15) is 24.8 Å². The van der Waals surface area contributed by atoms with Gasteiger partial charge in [-0.25, -0.2) is 0 Å². The van der Waals surface area contributed by atoms with Crippen LogP contribution in [-0.4, -0.2) is 48.6 Å². The van der Waals surface area contributed by atoms with Crippen LogP contribution < -0.4 is 11.1 Å². The third-order valence-electron chi connectivity index (χ3n) is 4.91. The fourth-order valence-electron chi connectivity index (χ4n) is 3.39. The second-order valence-corrected chi connectivity index (χ2v) is 6.57. The number of hydrogen-bond acceptors (Lipinski definition) is 4. The highest BCUT2D eigenvalue weighted by Gasteiger charge is 2.35. The minimum absolute atomic E-state index is 0.0219. The van der Waals surface area contributed by atoms with E-state index in [2.05, 4.69) is 5.32 Å². The maximum Gasteiger partial charge on any atom is 0.245 e. The Hall–Kier alpha value is -1.92. The molecular weight excluding hydrogens is 306 g/mol. The lowest BCUT2D eigenvalue weighted by molar-refractivity contribution is -0.134. The third-order valence-corrected chi connectivity index (χ3v) is 4.91. The normalized spacial score (nSPS) is 23.3. The lowest BCUT2D eigenvalue weighted by Gasteiger charge is -2.27. The maximum absolute atomic E-state index is 12.5. The molecule has 1 aromatic carbocycles. The molecular formula is C18H25N3O3. The third kappa shape index (κ3) is 3.94. The molecule has 0 saturated carbocycles. The van der Waals surface area contributed by atoms with Crippen molar-refractivity contribution in [2.75, 3.05) is 19.8 Å². The van der Waals surface area contributed by atoms with Gasteiger partial charge in [0.2, 0.25) is 11.8 Å². The molecule has 2 heterocycles. The highest BCUT2D eigenvalue weighted by molar-refractivity contribution is 5.91. The van der Waals surface area contributed by atoms with Crippen molar-refractivity contribution in [1.82, 2.24) is 10.2 Å². The molecule has 2 aliphatic rings. The van der Waals surface area contributed by atoms with Crippen LogP contribution in [0.3, 0.4) is 0 Å². The molecule has 0 radical (unpaired) electrons. The summed E-state index contributed by atoms with van der Waals surface area (Å²) in [6, 6.07) is 8.86. The molecule has 130 valence electrons. The Bertz CT molecular complexity index is 572. The highest BCUT2D eigenvalue weighted by atomic mass is 16.5. The van der Waals surface area contributed by atoms with Crippen LogP contribution in [0.25, 0.3) is 0 Å². The maximum atomic E-state index is 12.5. The molecule has 0 aliphatic carbocycles. The molecule has 2 unspecified atom stereocenters. The molecule has 0 bridgehead atoms. The van der Waals surface area contributed by atoms with Gasteiger partial charge in [-0.1, -0.05) is 30.3 Å². The molecule has 2 amide bonds. The number of nitrogens with two attached hydrogens (primary N) is 1. The summed E-state index contributed by atoms with van der Waals surface area (Å²) in [4.78, 5) is 26.6. The first kappa shape index (κ1) is 16.9. The van der Waals surface area contributed by atoms with Crippen LogP contribution in [0.2, 0.25) is 0 Å². The van der Waals surface area contributed by atoms with E-state index >= 15 is 0 Å². The summed E-state index contributed by atoms with van der Waals surface area (Å²) >= 11 is 0. The number of rotatable bonds is 5. The van der Waals surface area contributed by atoms with Crippen molar-refractivity contribution in [3.63, 3.8) is 0 Å². The smallest absolute Gasteiger partial charge is 0.245 e. The molecule has 0 aromatic heterocycles. The van der Waals surface area contributed by atoms with Gasteiger partial charge in [-0.3, -0.25) is 9.59 Å². The van der Waals surface area contributed by atoms with Gasteiger partial charge in [-0.05, 0) is 30.7 Å². The molecule has 0 spiro atoms. The monoisotopic (exact) mass is 331 g/mol. The fourth-order valence-corrected chi connectivity index (χ4v) is 3.39. The van der Waals surface area contributed by atoms with Crippen molar-refractivity contribution >= 4 is 11.8 Å². The van der Waals surface area contributed by atoms with Crippen LogP contribution in [0.5, 0.6) is 0 Å². The van der Waals surface area contributed by atoms with Gasteiger partial charge in [0.05, 0.1) is 6.04 Å². The number of carbonyl (C=O) groups is 2. The van der Waals surface area contributed by atoms with Crippen LogP contribution >= 0.6 is 0 Å². The Balaban J connectivity index is 1.52. The van der Waals surface area contributed by atoms with Crippen molar-refractivity contribution < 1.29 is 14.3 Å². The Morgan fingerprint density at radius 3 is 2.67 bits per heavy atom. The predicted octanol–water partition coefficient (Wildman–Crippen LogP) is 0.658. The lowest BCUT2D eigenvalue weighted by Crippen LogP contribution is -2.51. The van der Waals surface area contributed by atoms with Crippen LogP contribution in [0.15, 0.2) is 30.3 Å². The van der Waals surface area contributed by atoms with E-state index in [1.165, 1.54) is 0 Å².